The van der Waals surface area contributed by atoms with Gasteiger partial charge >= 0.3 is 0 Å². The van der Waals surface area contributed by atoms with Crippen molar-refractivity contribution in [3.8, 4) is 0 Å². The van der Waals surface area contributed by atoms with Crippen LogP contribution in [-0.2, 0) is 0 Å². The number of hydrogen-bond donors (Lipinski definition) is 3. The maximum absolute atomic E-state index is 10.0. The van der Waals surface area contributed by atoms with Gasteiger partial charge in [0.1, 0.15) is 0 Å². The maximum atomic E-state index is 10.0. The van der Waals surface area contributed by atoms with Crippen molar-refractivity contribution in [1.82, 2.24) is 5.32 Å². The van der Waals surface area contributed by atoms with Crippen molar-refractivity contribution in [1.29, 1.82) is 0 Å². The molecule has 1 aliphatic rings. The van der Waals surface area contributed by atoms with E-state index in [1.165, 1.54) is 0 Å². The van der Waals surface area contributed by atoms with E-state index in [0.29, 0.717) is 0 Å². The quantitative estimate of drug-likeness (QED) is 0.614. The van der Waals surface area contributed by atoms with E-state index in [9.17, 15) is 5.11 Å². The molecule has 0 aromatic heterocycles. The minimum Gasteiger partial charge on any atom is -0.389 e. The summed E-state index contributed by atoms with van der Waals surface area (Å²) in [5.41, 5.74) is 5.15. The lowest BCUT2D eigenvalue weighted by atomic mass is 9.94. The molecular formula is C9H20N2OS. The molecule has 0 saturated carbocycles. The predicted octanol–water partition coefficient (Wildman–Crippen LogP) is 0.180. The first kappa shape index (κ1) is 11.3. The monoisotopic (exact) mass is 204 g/mol. The smallest absolute Gasteiger partial charge is 0.0762 e. The Hall–Kier alpha value is 0.230. The normalized spacial score (nSPS) is 37.4. The van der Waals surface area contributed by atoms with Crippen molar-refractivity contribution in [2.24, 2.45) is 5.73 Å². The van der Waals surface area contributed by atoms with Gasteiger partial charge in [0.15, 0.2) is 0 Å². The number of nitrogens with two attached hydrogens (primary N) is 1. The molecule has 0 aromatic carbocycles. The summed E-state index contributed by atoms with van der Waals surface area (Å²) in [7, 11) is 0. The summed E-state index contributed by atoms with van der Waals surface area (Å²) in [4.78, 5) is 0. The number of hydrogen-bond acceptors (Lipinski definition) is 4. The van der Waals surface area contributed by atoms with Crippen molar-refractivity contribution in [3.05, 3.63) is 0 Å². The van der Waals surface area contributed by atoms with Gasteiger partial charge in [-0.25, -0.2) is 0 Å². The van der Waals surface area contributed by atoms with Crippen LogP contribution in [0.15, 0.2) is 0 Å². The molecule has 1 heterocycles. The number of rotatable bonds is 3. The van der Waals surface area contributed by atoms with Crippen LogP contribution < -0.4 is 11.1 Å². The van der Waals surface area contributed by atoms with Crippen LogP contribution >= 0.6 is 11.8 Å². The van der Waals surface area contributed by atoms with Crippen molar-refractivity contribution >= 4 is 11.8 Å². The summed E-state index contributed by atoms with van der Waals surface area (Å²) in [6.07, 6.45) is 0.837. The summed E-state index contributed by atoms with van der Waals surface area (Å²) < 4.78 is 0. The summed E-state index contributed by atoms with van der Waals surface area (Å²) in [5.74, 6) is 0.919. The Bertz CT molecular complexity index is 162. The molecule has 1 fully saturated rings. The predicted molar refractivity (Wildman–Crippen MR) is 58.0 cm³/mol. The van der Waals surface area contributed by atoms with Crippen LogP contribution in [0.2, 0.25) is 0 Å². The third-order valence-electron chi connectivity index (χ3n) is 2.39. The summed E-state index contributed by atoms with van der Waals surface area (Å²) >= 11 is 1.77. The SMILES string of the molecule is CC(N)CSC1CNCCC1(C)O. The molecule has 0 bridgehead atoms. The third kappa shape index (κ3) is 3.46. The Balaban J connectivity index is 2.37. The topological polar surface area (TPSA) is 58.3 Å². The van der Waals surface area contributed by atoms with Gasteiger partial charge in [-0.2, -0.15) is 11.8 Å². The minimum atomic E-state index is -0.523. The lowest BCUT2D eigenvalue weighted by Crippen LogP contribution is -2.50. The fourth-order valence-corrected chi connectivity index (χ4v) is 2.71. The molecule has 3 unspecified atom stereocenters. The largest absolute Gasteiger partial charge is 0.389 e. The van der Waals surface area contributed by atoms with E-state index >= 15 is 0 Å². The zero-order valence-electron chi connectivity index (χ0n) is 8.42. The number of thioether (sulfide) groups is 1. The van der Waals surface area contributed by atoms with Crippen LogP contribution in [-0.4, -0.2) is 40.8 Å². The Morgan fingerprint density at radius 1 is 1.77 bits per heavy atom. The lowest BCUT2D eigenvalue weighted by molar-refractivity contribution is 0.0355. The average molecular weight is 204 g/mol. The van der Waals surface area contributed by atoms with Crippen LogP contribution in [0.5, 0.6) is 0 Å². The van der Waals surface area contributed by atoms with Crippen LogP contribution in [0, 0.1) is 0 Å². The second-order valence-corrected chi connectivity index (χ2v) is 5.35. The molecule has 0 amide bonds. The third-order valence-corrected chi connectivity index (χ3v) is 4.19. The second-order valence-electron chi connectivity index (χ2n) is 4.11. The second kappa shape index (κ2) is 4.64. The van der Waals surface area contributed by atoms with Gasteiger partial charge in [-0.3, -0.25) is 0 Å². The zero-order valence-corrected chi connectivity index (χ0v) is 9.23. The molecule has 0 radical (unpaired) electrons. The van der Waals surface area contributed by atoms with Crippen molar-refractivity contribution in [3.63, 3.8) is 0 Å². The van der Waals surface area contributed by atoms with Crippen LogP contribution in [0.3, 0.4) is 0 Å². The number of aliphatic hydroxyl groups is 1. The van der Waals surface area contributed by atoms with Crippen LogP contribution in [0.1, 0.15) is 20.3 Å². The minimum absolute atomic E-state index is 0.211. The van der Waals surface area contributed by atoms with E-state index in [2.05, 4.69) is 5.32 Å². The zero-order chi connectivity index (χ0) is 9.90. The molecule has 0 aliphatic carbocycles. The van der Waals surface area contributed by atoms with Gasteiger partial charge in [0, 0.05) is 23.6 Å². The van der Waals surface area contributed by atoms with Crippen LogP contribution in [0.25, 0.3) is 0 Å². The highest BCUT2D eigenvalue weighted by molar-refractivity contribution is 8.00. The molecule has 78 valence electrons. The van der Waals surface area contributed by atoms with Gasteiger partial charge < -0.3 is 16.2 Å². The molecule has 1 saturated heterocycles. The summed E-state index contributed by atoms with van der Waals surface area (Å²) in [6.45, 7) is 5.73. The molecule has 0 aromatic rings. The van der Waals surface area contributed by atoms with E-state index in [-0.39, 0.29) is 11.3 Å². The maximum Gasteiger partial charge on any atom is 0.0762 e. The highest BCUT2D eigenvalue weighted by Crippen LogP contribution is 2.28. The molecule has 13 heavy (non-hydrogen) atoms. The first-order valence-electron chi connectivity index (χ1n) is 4.82. The Labute approximate surface area is 84.5 Å². The van der Waals surface area contributed by atoms with Gasteiger partial charge in [0.05, 0.1) is 5.60 Å². The summed E-state index contributed by atoms with van der Waals surface area (Å²) in [5, 5.41) is 13.6. The molecule has 0 spiro atoms. The highest BCUT2D eigenvalue weighted by Gasteiger charge is 2.34. The van der Waals surface area contributed by atoms with Crippen LogP contribution in [0.4, 0.5) is 0 Å². The molecule has 1 aliphatic heterocycles. The fraction of sp³-hybridized carbons (Fsp3) is 1.00. The molecule has 1 rings (SSSR count). The van der Waals surface area contributed by atoms with Crippen molar-refractivity contribution in [2.45, 2.75) is 37.2 Å². The molecule has 3 atom stereocenters. The Morgan fingerprint density at radius 2 is 2.46 bits per heavy atom. The van der Waals surface area contributed by atoms with E-state index < -0.39 is 5.60 Å². The molecule has 4 heteroatoms. The first-order valence-corrected chi connectivity index (χ1v) is 5.87. The Morgan fingerprint density at radius 3 is 3.00 bits per heavy atom. The van der Waals surface area contributed by atoms with Crippen molar-refractivity contribution in [2.75, 3.05) is 18.8 Å². The summed E-state index contributed by atoms with van der Waals surface area (Å²) in [6, 6.07) is 0.211. The lowest BCUT2D eigenvalue weighted by Gasteiger charge is -2.37. The standard InChI is InChI=1S/C9H20N2OS/c1-7(10)6-13-8-5-11-4-3-9(8,2)12/h7-8,11-12H,3-6,10H2,1-2H3. The molecule has 4 N–H and O–H groups in total. The Kier molecular flexibility index (Phi) is 4.04. The van der Waals surface area contributed by atoms with E-state index in [0.717, 1.165) is 25.3 Å². The number of nitrogens with one attached hydrogen (secondary N) is 1. The van der Waals surface area contributed by atoms with Crippen molar-refractivity contribution < 1.29 is 5.11 Å². The fourth-order valence-electron chi connectivity index (χ4n) is 1.46. The van der Waals surface area contributed by atoms with E-state index in [1.54, 1.807) is 11.8 Å². The van der Waals surface area contributed by atoms with E-state index in [1.807, 2.05) is 13.8 Å². The highest BCUT2D eigenvalue weighted by atomic mass is 32.2. The van der Waals surface area contributed by atoms with Gasteiger partial charge in [0.2, 0.25) is 0 Å². The number of piperidine rings is 1. The van der Waals surface area contributed by atoms with E-state index in [4.69, 9.17) is 5.73 Å². The molecule has 3 nitrogen and oxygen atoms in total. The molecular weight excluding hydrogens is 184 g/mol. The van der Waals surface area contributed by atoms with Gasteiger partial charge in [-0.05, 0) is 26.8 Å². The van der Waals surface area contributed by atoms with Gasteiger partial charge in [-0.15, -0.1) is 0 Å². The van der Waals surface area contributed by atoms with Gasteiger partial charge in [-0.1, -0.05) is 0 Å². The average Bonchev–Trinajstić information content (AvgIpc) is 2.01. The van der Waals surface area contributed by atoms with Gasteiger partial charge in [0.25, 0.3) is 0 Å². The first-order chi connectivity index (χ1) is 6.02.